The zero-order valence-electron chi connectivity index (χ0n) is 12.0. The first-order chi connectivity index (χ1) is 10.2. The fourth-order valence-electron chi connectivity index (χ4n) is 2.68. The Morgan fingerprint density at radius 1 is 1.09 bits per heavy atom. The summed E-state index contributed by atoms with van der Waals surface area (Å²) in [7, 11) is 0. The summed E-state index contributed by atoms with van der Waals surface area (Å²) in [5.74, 6) is -0.224. The number of halogens is 3. The van der Waals surface area contributed by atoms with Crippen LogP contribution in [0.3, 0.4) is 0 Å². The van der Waals surface area contributed by atoms with Crippen LogP contribution in [0.4, 0.5) is 4.39 Å². The van der Waals surface area contributed by atoms with Gasteiger partial charge in [0.2, 0.25) is 0 Å². The summed E-state index contributed by atoms with van der Waals surface area (Å²) >= 11 is 5.89. The maximum Gasteiger partial charge on any atom is 0.123 e. The third-order valence-electron chi connectivity index (χ3n) is 3.91. The molecule has 3 rings (SSSR count). The van der Waals surface area contributed by atoms with Gasteiger partial charge in [0.1, 0.15) is 11.4 Å². The molecule has 2 nitrogen and oxygen atoms in total. The Kier molecular flexibility index (Phi) is 5.81. The molecule has 1 unspecified atom stereocenters. The molecular formula is C17H18Cl2FNO. The van der Waals surface area contributed by atoms with E-state index in [0.29, 0.717) is 6.61 Å². The lowest BCUT2D eigenvalue weighted by Gasteiger charge is -2.29. The van der Waals surface area contributed by atoms with Crippen LogP contribution in [-0.2, 0) is 16.9 Å². The van der Waals surface area contributed by atoms with Gasteiger partial charge < -0.3 is 10.1 Å². The Labute approximate surface area is 141 Å². The Hall–Kier alpha value is -1.13. The predicted octanol–water partition coefficient (Wildman–Crippen LogP) is 4.31. The van der Waals surface area contributed by atoms with E-state index in [-0.39, 0.29) is 23.8 Å². The highest BCUT2D eigenvalue weighted by Crippen LogP contribution is 2.33. The Morgan fingerprint density at radius 3 is 2.36 bits per heavy atom. The standard InChI is InChI=1S/C17H17ClFNO.ClH/c18-15-5-1-13(2-6-15)11-21-17(9-10-20-12-17)14-3-7-16(19)8-4-14;/h1-8,20H,9-12H2;1H. The van der Waals surface area contributed by atoms with Gasteiger partial charge in [-0.05, 0) is 48.4 Å². The van der Waals surface area contributed by atoms with Crippen molar-refractivity contribution in [1.82, 2.24) is 5.32 Å². The molecule has 1 aliphatic rings. The van der Waals surface area contributed by atoms with Gasteiger partial charge in [-0.2, -0.15) is 0 Å². The monoisotopic (exact) mass is 341 g/mol. The van der Waals surface area contributed by atoms with Crippen molar-refractivity contribution in [1.29, 1.82) is 0 Å². The van der Waals surface area contributed by atoms with Crippen LogP contribution in [0.5, 0.6) is 0 Å². The number of ether oxygens (including phenoxy) is 1. The SMILES string of the molecule is Cl.Fc1ccc(C2(OCc3ccc(Cl)cc3)CCNC2)cc1. The highest BCUT2D eigenvalue weighted by Gasteiger charge is 2.36. The van der Waals surface area contributed by atoms with Crippen LogP contribution in [0.15, 0.2) is 48.5 Å². The molecular weight excluding hydrogens is 324 g/mol. The molecule has 1 N–H and O–H groups in total. The summed E-state index contributed by atoms with van der Waals surface area (Å²) in [4.78, 5) is 0. The number of hydrogen-bond donors (Lipinski definition) is 1. The third-order valence-corrected chi connectivity index (χ3v) is 4.17. The first-order valence-electron chi connectivity index (χ1n) is 7.03. The van der Waals surface area contributed by atoms with E-state index < -0.39 is 0 Å². The van der Waals surface area contributed by atoms with Crippen molar-refractivity contribution in [3.05, 3.63) is 70.5 Å². The molecule has 1 atom stereocenters. The maximum absolute atomic E-state index is 13.1. The zero-order chi connectivity index (χ0) is 14.7. The highest BCUT2D eigenvalue weighted by molar-refractivity contribution is 6.30. The van der Waals surface area contributed by atoms with Crippen molar-refractivity contribution < 1.29 is 9.13 Å². The molecule has 2 aromatic rings. The van der Waals surface area contributed by atoms with Gasteiger partial charge in [0, 0.05) is 11.6 Å². The van der Waals surface area contributed by atoms with Crippen LogP contribution in [0.1, 0.15) is 17.5 Å². The molecule has 5 heteroatoms. The Balaban J connectivity index is 0.00000176. The van der Waals surface area contributed by atoms with Crippen molar-refractivity contribution in [2.45, 2.75) is 18.6 Å². The summed E-state index contributed by atoms with van der Waals surface area (Å²) in [6.07, 6.45) is 0.881. The van der Waals surface area contributed by atoms with E-state index in [1.54, 1.807) is 0 Å². The summed E-state index contributed by atoms with van der Waals surface area (Å²) in [5.41, 5.74) is 1.71. The Bertz CT molecular complexity index is 595. The lowest BCUT2D eigenvalue weighted by atomic mass is 9.92. The van der Waals surface area contributed by atoms with Gasteiger partial charge in [-0.1, -0.05) is 35.9 Å². The largest absolute Gasteiger partial charge is 0.364 e. The summed E-state index contributed by atoms with van der Waals surface area (Å²) < 4.78 is 19.3. The highest BCUT2D eigenvalue weighted by atomic mass is 35.5. The van der Waals surface area contributed by atoms with Crippen molar-refractivity contribution in [2.24, 2.45) is 0 Å². The second-order valence-electron chi connectivity index (χ2n) is 5.34. The zero-order valence-corrected chi connectivity index (χ0v) is 13.6. The quantitative estimate of drug-likeness (QED) is 0.894. The van der Waals surface area contributed by atoms with E-state index in [1.165, 1.54) is 12.1 Å². The second-order valence-corrected chi connectivity index (χ2v) is 5.78. The molecule has 0 saturated carbocycles. The van der Waals surface area contributed by atoms with E-state index in [4.69, 9.17) is 16.3 Å². The molecule has 22 heavy (non-hydrogen) atoms. The maximum atomic E-state index is 13.1. The molecule has 1 saturated heterocycles. The molecule has 0 radical (unpaired) electrons. The van der Waals surface area contributed by atoms with E-state index in [0.717, 1.165) is 35.7 Å². The van der Waals surface area contributed by atoms with Gasteiger partial charge in [0.05, 0.1) is 6.61 Å². The first kappa shape index (κ1) is 17.2. The van der Waals surface area contributed by atoms with E-state index in [9.17, 15) is 4.39 Å². The lowest BCUT2D eigenvalue weighted by molar-refractivity contribution is -0.0470. The minimum absolute atomic E-state index is 0. The number of benzene rings is 2. The predicted molar refractivity (Wildman–Crippen MR) is 89.1 cm³/mol. The van der Waals surface area contributed by atoms with Crippen LogP contribution in [-0.4, -0.2) is 13.1 Å². The molecule has 0 aliphatic carbocycles. The van der Waals surface area contributed by atoms with Gasteiger partial charge in [-0.3, -0.25) is 0 Å². The molecule has 0 spiro atoms. The van der Waals surface area contributed by atoms with Gasteiger partial charge in [0.15, 0.2) is 0 Å². The molecule has 0 amide bonds. The third kappa shape index (κ3) is 3.79. The van der Waals surface area contributed by atoms with Crippen molar-refractivity contribution in [3.63, 3.8) is 0 Å². The number of hydrogen-bond acceptors (Lipinski definition) is 2. The lowest BCUT2D eigenvalue weighted by Crippen LogP contribution is -2.32. The fourth-order valence-corrected chi connectivity index (χ4v) is 2.80. The van der Waals surface area contributed by atoms with Gasteiger partial charge >= 0.3 is 0 Å². The minimum Gasteiger partial charge on any atom is -0.364 e. The van der Waals surface area contributed by atoms with E-state index >= 15 is 0 Å². The van der Waals surface area contributed by atoms with Crippen molar-refractivity contribution in [2.75, 3.05) is 13.1 Å². The minimum atomic E-state index is -0.382. The molecule has 118 valence electrons. The van der Waals surface area contributed by atoms with Crippen LogP contribution in [0.25, 0.3) is 0 Å². The van der Waals surface area contributed by atoms with Crippen molar-refractivity contribution in [3.8, 4) is 0 Å². The van der Waals surface area contributed by atoms with Gasteiger partial charge in [-0.25, -0.2) is 4.39 Å². The molecule has 2 aromatic carbocycles. The molecule has 0 aromatic heterocycles. The fraction of sp³-hybridized carbons (Fsp3) is 0.294. The topological polar surface area (TPSA) is 21.3 Å². The summed E-state index contributed by atoms with van der Waals surface area (Å²) in [6.45, 7) is 2.15. The van der Waals surface area contributed by atoms with Crippen LogP contribution in [0.2, 0.25) is 5.02 Å². The average Bonchev–Trinajstić information content (AvgIpc) is 2.97. The van der Waals surface area contributed by atoms with Crippen LogP contribution < -0.4 is 5.32 Å². The van der Waals surface area contributed by atoms with Gasteiger partial charge in [-0.15, -0.1) is 12.4 Å². The molecule has 1 fully saturated rings. The summed E-state index contributed by atoms with van der Waals surface area (Å²) in [6, 6.07) is 14.2. The van der Waals surface area contributed by atoms with Gasteiger partial charge in [0.25, 0.3) is 0 Å². The number of rotatable bonds is 4. The second kappa shape index (κ2) is 7.42. The summed E-state index contributed by atoms with van der Waals surface area (Å²) in [5, 5.41) is 4.05. The molecule has 0 bridgehead atoms. The van der Waals surface area contributed by atoms with Crippen LogP contribution in [0, 0.1) is 5.82 Å². The van der Waals surface area contributed by atoms with Crippen LogP contribution >= 0.6 is 24.0 Å². The van der Waals surface area contributed by atoms with E-state index in [1.807, 2.05) is 36.4 Å². The molecule has 1 aliphatic heterocycles. The smallest absolute Gasteiger partial charge is 0.123 e. The first-order valence-corrected chi connectivity index (χ1v) is 7.41. The van der Waals surface area contributed by atoms with E-state index in [2.05, 4.69) is 5.32 Å². The molecule has 1 heterocycles. The Morgan fingerprint density at radius 2 is 1.77 bits per heavy atom. The average molecular weight is 342 g/mol. The normalized spacial score (nSPS) is 20.6. The van der Waals surface area contributed by atoms with Crippen molar-refractivity contribution >= 4 is 24.0 Å². The number of nitrogens with one attached hydrogen (secondary N) is 1.